The fourth-order valence-corrected chi connectivity index (χ4v) is 3.98. The minimum Gasteiger partial charge on any atom is -0.497 e. The summed E-state index contributed by atoms with van der Waals surface area (Å²) >= 11 is 3.46. The van der Waals surface area contributed by atoms with E-state index in [9.17, 15) is 0 Å². The third kappa shape index (κ3) is 4.14. The number of nitrogens with zero attached hydrogens (tertiary/aromatic N) is 1. The Bertz CT molecular complexity index is 742. The summed E-state index contributed by atoms with van der Waals surface area (Å²) in [7, 11) is 3.34. The van der Waals surface area contributed by atoms with Crippen LogP contribution in [0, 0.1) is 0 Å². The summed E-state index contributed by atoms with van der Waals surface area (Å²) in [5, 5.41) is 8.86. The van der Waals surface area contributed by atoms with Gasteiger partial charge in [0.2, 0.25) is 0 Å². The molecule has 0 saturated carbocycles. The standard InChI is InChI=1S/C18H20N2O2S2/c1-21-14-6-5-13(17(10-14)22-2)12-20-16(18-19-7-9-24-18)11-15-4-3-8-23-15/h3-10,16,20H,11-12H2,1-2H3. The highest BCUT2D eigenvalue weighted by molar-refractivity contribution is 7.10. The Morgan fingerprint density at radius 1 is 1.12 bits per heavy atom. The summed E-state index contributed by atoms with van der Waals surface area (Å²) in [6.07, 6.45) is 2.79. The van der Waals surface area contributed by atoms with E-state index < -0.39 is 0 Å². The van der Waals surface area contributed by atoms with Gasteiger partial charge in [0.05, 0.1) is 20.3 Å². The molecule has 0 fully saturated rings. The molecule has 0 bridgehead atoms. The van der Waals surface area contributed by atoms with E-state index in [0.717, 1.165) is 28.5 Å². The van der Waals surface area contributed by atoms with Gasteiger partial charge in [-0.2, -0.15) is 0 Å². The van der Waals surface area contributed by atoms with Crippen LogP contribution in [-0.4, -0.2) is 19.2 Å². The van der Waals surface area contributed by atoms with Crippen molar-refractivity contribution < 1.29 is 9.47 Å². The van der Waals surface area contributed by atoms with Gasteiger partial charge in [-0.05, 0) is 17.5 Å². The van der Waals surface area contributed by atoms with Crippen LogP contribution in [0.4, 0.5) is 0 Å². The first-order valence-electron chi connectivity index (χ1n) is 7.66. The molecule has 2 aromatic heterocycles. The highest BCUT2D eigenvalue weighted by Crippen LogP contribution is 2.27. The van der Waals surface area contributed by atoms with Gasteiger partial charge in [0.1, 0.15) is 16.5 Å². The molecule has 0 spiro atoms. The Balaban J connectivity index is 1.74. The predicted octanol–water partition coefficient (Wildman–Crippen LogP) is 4.30. The Kier molecular flexibility index (Phi) is 5.85. The lowest BCUT2D eigenvalue weighted by atomic mass is 10.1. The highest BCUT2D eigenvalue weighted by Gasteiger charge is 2.16. The zero-order valence-electron chi connectivity index (χ0n) is 13.7. The number of methoxy groups -OCH3 is 2. The van der Waals surface area contributed by atoms with Gasteiger partial charge < -0.3 is 14.8 Å². The summed E-state index contributed by atoms with van der Waals surface area (Å²) in [5.74, 6) is 1.63. The maximum atomic E-state index is 5.49. The number of nitrogens with one attached hydrogen (secondary N) is 1. The van der Waals surface area contributed by atoms with Crippen LogP contribution in [0.25, 0.3) is 0 Å². The molecule has 0 saturated heterocycles. The van der Waals surface area contributed by atoms with E-state index in [1.807, 2.05) is 29.8 Å². The number of thiazole rings is 1. The summed E-state index contributed by atoms with van der Waals surface area (Å²) in [4.78, 5) is 5.84. The van der Waals surface area contributed by atoms with Crippen molar-refractivity contribution in [2.24, 2.45) is 0 Å². The van der Waals surface area contributed by atoms with E-state index in [1.54, 1.807) is 36.9 Å². The predicted molar refractivity (Wildman–Crippen MR) is 99.3 cm³/mol. The monoisotopic (exact) mass is 360 g/mol. The number of rotatable bonds is 8. The van der Waals surface area contributed by atoms with E-state index in [-0.39, 0.29) is 6.04 Å². The van der Waals surface area contributed by atoms with Gasteiger partial charge in [-0.25, -0.2) is 4.98 Å². The van der Waals surface area contributed by atoms with Crippen molar-refractivity contribution in [2.75, 3.05) is 14.2 Å². The van der Waals surface area contributed by atoms with Gasteiger partial charge in [-0.3, -0.25) is 0 Å². The first-order valence-corrected chi connectivity index (χ1v) is 9.42. The molecule has 126 valence electrons. The highest BCUT2D eigenvalue weighted by atomic mass is 32.1. The van der Waals surface area contributed by atoms with Crippen molar-refractivity contribution in [1.82, 2.24) is 10.3 Å². The normalized spacial score (nSPS) is 12.1. The largest absolute Gasteiger partial charge is 0.497 e. The molecule has 4 nitrogen and oxygen atoms in total. The van der Waals surface area contributed by atoms with Crippen molar-refractivity contribution in [3.63, 3.8) is 0 Å². The molecule has 0 radical (unpaired) electrons. The molecular formula is C18H20N2O2S2. The molecule has 1 atom stereocenters. The zero-order chi connectivity index (χ0) is 16.8. The van der Waals surface area contributed by atoms with E-state index >= 15 is 0 Å². The maximum absolute atomic E-state index is 5.49. The van der Waals surface area contributed by atoms with Crippen molar-refractivity contribution in [3.8, 4) is 11.5 Å². The molecule has 0 amide bonds. The molecule has 1 unspecified atom stereocenters. The lowest BCUT2D eigenvalue weighted by Crippen LogP contribution is -2.23. The second-order valence-corrected chi connectivity index (χ2v) is 7.22. The first kappa shape index (κ1) is 17.0. The molecule has 1 N–H and O–H groups in total. The number of ether oxygens (including phenoxy) is 2. The topological polar surface area (TPSA) is 43.4 Å². The van der Waals surface area contributed by atoms with Gasteiger partial charge in [-0.15, -0.1) is 22.7 Å². The average Bonchev–Trinajstić information content (AvgIpc) is 3.32. The Morgan fingerprint density at radius 3 is 2.71 bits per heavy atom. The van der Waals surface area contributed by atoms with Gasteiger partial charge >= 0.3 is 0 Å². The molecule has 0 aliphatic heterocycles. The maximum Gasteiger partial charge on any atom is 0.127 e. The summed E-state index contributed by atoms with van der Waals surface area (Å²) in [6.45, 7) is 0.711. The Morgan fingerprint density at radius 2 is 2.04 bits per heavy atom. The molecule has 0 aliphatic carbocycles. The average molecular weight is 361 g/mol. The minimum absolute atomic E-state index is 0.190. The SMILES string of the molecule is COc1ccc(CNC(Cc2cccs2)c2nccs2)c(OC)c1. The van der Waals surface area contributed by atoms with E-state index in [0.29, 0.717) is 6.54 Å². The number of aromatic nitrogens is 1. The van der Waals surface area contributed by atoms with E-state index in [1.165, 1.54) is 4.88 Å². The van der Waals surface area contributed by atoms with Gasteiger partial charge in [0.25, 0.3) is 0 Å². The fourth-order valence-electron chi connectivity index (χ4n) is 2.51. The fraction of sp³-hybridized carbons (Fsp3) is 0.278. The van der Waals surface area contributed by atoms with Crippen LogP contribution in [0.2, 0.25) is 0 Å². The molecule has 6 heteroatoms. The summed E-state index contributed by atoms with van der Waals surface area (Å²) < 4.78 is 10.7. The van der Waals surface area contributed by atoms with Crippen LogP contribution < -0.4 is 14.8 Å². The van der Waals surface area contributed by atoms with Crippen LogP contribution in [-0.2, 0) is 13.0 Å². The molecule has 2 heterocycles. The number of benzene rings is 1. The molecule has 3 rings (SSSR count). The third-order valence-corrected chi connectivity index (χ3v) is 5.56. The van der Waals surface area contributed by atoms with Crippen molar-refractivity contribution in [3.05, 3.63) is 62.7 Å². The third-order valence-electron chi connectivity index (χ3n) is 3.77. The minimum atomic E-state index is 0.190. The van der Waals surface area contributed by atoms with Crippen LogP contribution in [0.5, 0.6) is 11.5 Å². The summed E-state index contributed by atoms with van der Waals surface area (Å²) in [5.41, 5.74) is 1.10. The van der Waals surface area contributed by atoms with E-state index in [2.05, 4.69) is 27.8 Å². The van der Waals surface area contributed by atoms with Crippen LogP contribution in [0.15, 0.2) is 47.3 Å². The van der Waals surface area contributed by atoms with Crippen molar-refractivity contribution in [2.45, 2.75) is 19.0 Å². The van der Waals surface area contributed by atoms with Gasteiger partial charge in [0.15, 0.2) is 0 Å². The van der Waals surface area contributed by atoms with Crippen LogP contribution in [0.3, 0.4) is 0 Å². The Labute approximate surface area is 150 Å². The van der Waals surface area contributed by atoms with Crippen molar-refractivity contribution in [1.29, 1.82) is 0 Å². The second-order valence-electron chi connectivity index (χ2n) is 5.27. The molecule has 1 aromatic carbocycles. The zero-order valence-corrected chi connectivity index (χ0v) is 15.3. The van der Waals surface area contributed by atoms with Crippen LogP contribution in [0.1, 0.15) is 21.5 Å². The van der Waals surface area contributed by atoms with E-state index in [4.69, 9.17) is 9.47 Å². The second kappa shape index (κ2) is 8.28. The number of thiophene rings is 1. The summed E-state index contributed by atoms with van der Waals surface area (Å²) in [6, 6.07) is 10.3. The molecule has 24 heavy (non-hydrogen) atoms. The first-order chi connectivity index (χ1) is 11.8. The molecule has 0 aliphatic rings. The quantitative estimate of drug-likeness (QED) is 0.651. The smallest absolute Gasteiger partial charge is 0.127 e. The molecule has 3 aromatic rings. The number of hydrogen-bond donors (Lipinski definition) is 1. The van der Waals surface area contributed by atoms with Crippen LogP contribution >= 0.6 is 22.7 Å². The Hall–Kier alpha value is -1.89. The van der Waals surface area contributed by atoms with Crippen molar-refractivity contribution >= 4 is 22.7 Å². The lowest BCUT2D eigenvalue weighted by molar-refractivity contribution is 0.388. The number of hydrogen-bond acceptors (Lipinski definition) is 6. The van der Waals surface area contributed by atoms with Gasteiger partial charge in [0, 0.05) is 41.0 Å². The molecular weight excluding hydrogens is 340 g/mol. The van der Waals surface area contributed by atoms with Gasteiger partial charge in [-0.1, -0.05) is 12.1 Å². The lowest BCUT2D eigenvalue weighted by Gasteiger charge is -2.17.